The molecular weight excluding hydrogens is 276 g/mol. The van der Waals surface area contributed by atoms with Crippen molar-refractivity contribution in [1.82, 2.24) is 9.97 Å². The Morgan fingerprint density at radius 3 is 2.36 bits per heavy atom. The van der Waals surface area contributed by atoms with E-state index in [2.05, 4.69) is 27.5 Å². The Hall–Kier alpha value is -2.43. The lowest BCUT2D eigenvalue weighted by atomic mass is 10.1. The lowest BCUT2D eigenvalue weighted by Gasteiger charge is -2.11. The molecule has 116 valence electrons. The minimum atomic E-state index is -0.197. The fourth-order valence-electron chi connectivity index (χ4n) is 2.11. The molecule has 0 aliphatic rings. The first-order chi connectivity index (χ1) is 10.6. The molecule has 0 saturated carbocycles. The molecule has 0 spiro atoms. The molecule has 2 N–H and O–H groups in total. The highest BCUT2D eigenvalue weighted by molar-refractivity contribution is 6.04. The number of aromatic nitrogens is 2. The number of nitrogens with one attached hydrogen (secondary N) is 2. The number of benzene rings is 1. The van der Waals surface area contributed by atoms with Crippen LogP contribution in [0, 0.1) is 13.8 Å². The minimum absolute atomic E-state index is 0.197. The van der Waals surface area contributed by atoms with Crippen molar-refractivity contribution in [3.05, 3.63) is 47.3 Å². The van der Waals surface area contributed by atoms with Gasteiger partial charge in [0.1, 0.15) is 0 Å². The van der Waals surface area contributed by atoms with Gasteiger partial charge in [-0.1, -0.05) is 31.5 Å². The first kappa shape index (κ1) is 15.9. The monoisotopic (exact) mass is 298 g/mol. The SMILES string of the molecule is CCCCNc1ncc(C(=O)Nc2c(C)cccc2C)cn1. The quantitative estimate of drug-likeness (QED) is 0.800. The lowest BCUT2D eigenvalue weighted by molar-refractivity contribution is 0.102. The van der Waals surface area contributed by atoms with Gasteiger partial charge in [0.25, 0.3) is 5.91 Å². The van der Waals surface area contributed by atoms with Gasteiger partial charge in [-0.3, -0.25) is 4.79 Å². The van der Waals surface area contributed by atoms with Gasteiger partial charge in [-0.2, -0.15) is 0 Å². The second kappa shape index (κ2) is 7.54. The van der Waals surface area contributed by atoms with Crippen LogP contribution in [-0.4, -0.2) is 22.4 Å². The molecule has 0 saturated heterocycles. The van der Waals surface area contributed by atoms with Crippen LogP contribution in [0.15, 0.2) is 30.6 Å². The molecule has 0 atom stereocenters. The van der Waals surface area contributed by atoms with Gasteiger partial charge in [-0.05, 0) is 31.4 Å². The number of carbonyl (C=O) groups excluding carboxylic acids is 1. The zero-order valence-electron chi connectivity index (χ0n) is 13.3. The summed E-state index contributed by atoms with van der Waals surface area (Å²) in [4.78, 5) is 20.6. The molecule has 1 aromatic carbocycles. The standard InChI is InChI=1S/C17H22N4O/c1-4-5-9-18-17-19-10-14(11-20-17)16(22)21-15-12(2)7-6-8-13(15)3/h6-8,10-11H,4-5,9H2,1-3H3,(H,21,22)(H,18,19,20). The maximum absolute atomic E-state index is 12.3. The molecule has 0 radical (unpaired) electrons. The topological polar surface area (TPSA) is 66.9 Å². The van der Waals surface area contributed by atoms with E-state index < -0.39 is 0 Å². The lowest BCUT2D eigenvalue weighted by Crippen LogP contribution is -2.15. The molecule has 1 aromatic heterocycles. The molecular formula is C17H22N4O. The molecule has 2 aromatic rings. The molecule has 0 bridgehead atoms. The highest BCUT2D eigenvalue weighted by atomic mass is 16.1. The van der Waals surface area contributed by atoms with Gasteiger partial charge in [0.15, 0.2) is 0 Å². The maximum Gasteiger partial charge on any atom is 0.258 e. The highest BCUT2D eigenvalue weighted by Crippen LogP contribution is 2.20. The Morgan fingerprint density at radius 2 is 1.77 bits per heavy atom. The number of rotatable bonds is 6. The van der Waals surface area contributed by atoms with E-state index in [4.69, 9.17) is 0 Å². The second-order valence-electron chi connectivity index (χ2n) is 5.30. The van der Waals surface area contributed by atoms with Crippen molar-refractivity contribution in [2.24, 2.45) is 0 Å². The summed E-state index contributed by atoms with van der Waals surface area (Å²) >= 11 is 0. The van der Waals surface area contributed by atoms with Crippen molar-refractivity contribution in [1.29, 1.82) is 0 Å². The predicted molar refractivity (Wildman–Crippen MR) is 89.3 cm³/mol. The summed E-state index contributed by atoms with van der Waals surface area (Å²) in [5.74, 6) is 0.356. The van der Waals surface area contributed by atoms with Crippen molar-refractivity contribution in [3.8, 4) is 0 Å². The Kier molecular flexibility index (Phi) is 5.47. The zero-order valence-corrected chi connectivity index (χ0v) is 13.3. The van der Waals surface area contributed by atoms with E-state index in [1.54, 1.807) is 12.4 Å². The van der Waals surface area contributed by atoms with E-state index in [0.717, 1.165) is 36.2 Å². The smallest absolute Gasteiger partial charge is 0.258 e. The van der Waals surface area contributed by atoms with Crippen LogP contribution in [-0.2, 0) is 0 Å². The summed E-state index contributed by atoms with van der Waals surface area (Å²) < 4.78 is 0. The summed E-state index contributed by atoms with van der Waals surface area (Å²) in [5, 5.41) is 6.05. The Morgan fingerprint density at radius 1 is 1.14 bits per heavy atom. The van der Waals surface area contributed by atoms with Crippen molar-refractivity contribution < 1.29 is 4.79 Å². The number of hydrogen-bond acceptors (Lipinski definition) is 4. The van der Waals surface area contributed by atoms with Gasteiger partial charge >= 0.3 is 0 Å². The van der Waals surface area contributed by atoms with Crippen molar-refractivity contribution >= 4 is 17.5 Å². The third-order valence-electron chi connectivity index (χ3n) is 3.45. The van der Waals surface area contributed by atoms with Crippen LogP contribution in [0.3, 0.4) is 0 Å². The van der Waals surface area contributed by atoms with E-state index in [9.17, 15) is 4.79 Å². The third kappa shape index (κ3) is 4.04. The van der Waals surface area contributed by atoms with Crippen molar-refractivity contribution in [2.45, 2.75) is 33.6 Å². The largest absolute Gasteiger partial charge is 0.354 e. The fourth-order valence-corrected chi connectivity index (χ4v) is 2.11. The van der Waals surface area contributed by atoms with Crippen molar-refractivity contribution in [2.75, 3.05) is 17.2 Å². The van der Waals surface area contributed by atoms with Crippen LogP contribution in [0.1, 0.15) is 41.3 Å². The average molecular weight is 298 g/mol. The van der Waals surface area contributed by atoms with E-state index >= 15 is 0 Å². The normalized spacial score (nSPS) is 10.3. The van der Waals surface area contributed by atoms with Crippen LogP contribution in [0.4, 0.5) is 11.6 Å². The Labute approximate surface area is 131 Å². The molecule has 22 heavy (non-hydrogen) atoms. The maximum atomic E-state index is 12.3. The van der Waals surface area contributed by atoms with Gasteiger partial charge < -0.3 is 10.6 Å². The summed E-state index contributed by atoms with van der Waals surface area (Å²) in [6.45, 7) is 6.91. The molecule has 0 fully saturated rings. The number of hydrogen-bond donors (Lipinski definition) is 2. The number of anilines is 2. The van der Waals surface area contributed by atoms with Crippen molar-refractivity contribution in [3.63, 3.8) is 0 Å². The Bertz CT molecular complexity index is 617. The first-order valence-electron chi connectivity index (χ1n) is 7.55. The molecule has 1 heterocycles. The number of aryl methyl sites for hydroxylation is 2. The summed E-state index contributed by atoms with van der Waals surface area (Å²) in [6, 6.07) is 5.92. The zero-order chi connectivity index (χ0) is 15.9. The predicted octanol–water partition coefficient (Wildman–Crippen LogP) is 3.56. The number of amides is 1. The Balaban J connectivity index is 2.04. The van der Waals surface area contributed by atoms with Crippen LogP contribution in [0.2, 0.25) is 0 Å². The number of para-hydroxylation sites is 1. The summed E-state index contributed by atoms with van der Waals surface area (Å²) in [5.41, 5.74) is 3.36. The van der Waals surface area contributed by atoms with Gasteiger partial charge in [-0.25, -0.2) is 9.97 Å². The van der Waals surface area contributed by atoms with Crippen LogP contribution in [0.25, 0.3) is 0 Å². The van der Waals surface area contributed by atoms with E-state index in [1.165, 1.54) is 0 Å². The summed E-state index contributed by atoms with van der Waals surface area (Å²) in [6.07, 6.45) is 5.27. The molecule has 0 aliphatic heterocycles. The van der Waals surface area contributed by atoms with E-state index in [-0.39, 0.29) is 5.91 Å². The number of unbranched alkanes of at least 4 members (excludes halogenated alkanes) is 1. The van der Waals surface area contributed by atoms with Crippen LogP contribution in [0.5, 0.6) is 0 Å². The van der Waals surface area contributed by atoms with Gasteiger partial charge in [-0.15, -0.1) is 0 Å². The molecule has 1 amide bonds. The molecule has 5 heteroatoms. The van der Waals surface area contributed by atoms with Gasteiger partial charge in [0, 0.05) is 24.6 Å². The molecule has 2 rings (SSSR count). The van der Waals surface area contributed by atoms with Crippen LogP contribution < -0.4 is 10.6 Å². The van der Waals surface area contributed by atoms with E-state index in [0.29, 0.717) is 11.5 Å². The molecule has 5 nitrogen and oxygen atoms in total. The van der Waals surface area contributed by atoms with Gasteiger partial charge in [0.2, 0.25) is 5.95 Å². The molecule has 0 aliphatic carbocycles. The minimum Gasteiger partial charge on any atom is -0.354 e. The second-order valence-corrected chi connectivity index (χ2v) is 5.30. The number of carbonyl (C=O) groups is 1. The molecule has 0 unspecified atom stereocenters. The van der Waals surface area contributed by atoms with E-state index in [1.807, 2.05) is 32.0 Å². The first-order valence-corrected chi connectivity index (χ1v) is 7.55. The summed E-state index contributed by atoms with van der Waals surface area (Å²) in [7, 11) is 0. The van der Waals surface area contributed by atoms with Gasteiger partial charge in [0.05, 0.1) is 5.56 Å². The average Bonchev–Trinajstić information content (AvgIpc) is 2.52. The fraction of sp³-hybridized carbons (Fsp3) is 0.353. The number of nitrogens with zero attached hydrogens (tertiary/aromatic N) is 2. The van der Waals surface area contributed by atoms with Crippen LogP contribution >= 0.6 is 0 Å². The third-order valence-corrected chi connectivity index (χ3v) is 3.45. The highest BCUT2D eigenvalue weighted by Gasteiger charge is 2.10.